The largest absolute Gasteiger partial charge is 0.356 e. The molecule has 0 unspecified atom stereocenters. The SMILES string of the molecule is Cn1ccc(S(=O)(=O)N2CC(N3CCNCC3)C2)c1. The molecule has 6 nitrogen and oxygen atoms in total. The van der Waals surface area contributed by atoms with Gasteiger partial charge >= 0.3 is 0 Å². The number of piperazine rings is 1. The van der Waals surface area contributed by atoms with Gasteiger partial charge in [0.05, 0.1) is 4.90 Å². The first-order valence-corrected chi connectivity index (χ1v) is 8.08. The maximum atomic E-state index is 12.3. The van der Waals surface area contributed by atoms with Crippen LogP contribution in [0, 0.1) is 0 Å². The minimum Gasteiger partial charge on any atom is -0.356 e. The molecule has 0 atom stereocenters. The van der Waals surface area contributed by atoms with Gasteiger partial charge in [-0.25, -0.2) is 8.42 Å². The van der Waals surface area contributed by atoms with Crippen LogP contribution in [0.4, 0.5) is 0 Å². The van der Waals surface area contributed by atoms with E-state index < -0.39 is 10.0 Å². The number of rotatable bonds is 3. The molecular formula is C12H20N4O2S. The predicted molar refractivity (Wildman–Crippen MR) is 72.4 cm³/mol. The minimum atomic E-state index is -3.28. The van der Waals surface area contributed by atoms with Crippen molar-refractivity contribution in [1.82, 2.24) is 19.1 Å². The minimum absolute atomic E-state index is 0.389. The lowest BCUT2D eigenvalue weighted by atomic mass is 10.1. The van der Waals surface area contributed by atoms with Crippen molar-refractivity contribution in [1.29, 1.82) is 0 Å². The van der Waals surface area contributed by atoms with Crippen LogP contribution in [0.1, 0.15) is 0 Å². The van der Waals surface area contributed by atoms with E-state index >= 15 is 0 Å². The van der Waals surface area contributed by atoms with Crippen LogP contribution < -0.4 is 5.32 Å². The van der Waals surface area contributed by atoms with Crippen LogP contribution in [0.3, 0.4) is 0 Å². The Morgan fingerprint density at radius 2 is 1.95 bits per heavy atom. The molecule has 0 saturated carbocycles. The summed E-state index contributed by atoms with van der Waals surface area (Å²) in [5.74, 6) is 0. The average molecular weight is 284 g/mol. The Balaban J connectivity index is 1.63. The van der Waals surface area contributed by atoms with E-state index in [4.69, 9.17) is 0 Å². The van der Waals surface area contributed by atoms with E-state index in [-0.39, 0.29) is 0 Å². The third-order valence-electron chi connectivity index (χ3n) is 3.94. The second-order valence-electron chi connectivity index (χ2n) is 5.27. The highest BCUT2D eigenvalue weighted by Gasteiger charge is 2.39. The lowest BCUT2D eigenvalue weighted by Crippen LogP contribution is -2.63. The molecule has 0 radical (unpaired) electrons. The fourth-order valence-electron chi connectivity index (χ4n) is 2.67. The molecular weight excluding hydrogens is 264 g/mol. The molecule has 2 aliphatic heterocycles. The van der Waals surface area contributed by atoms with Crippen molar-refractivity contribution in [2.75, 3.05) is 39.3 Å². The zero-order chi connectivity index (χ0) is 13.5. The van der Waals surface area contributed by atoms with E-state index in [9.17, 15) is 8.42 Å². The summed E-state index contributed by atoms with van der Waals surface area (Å²) in [7, 11) is -1.45. The molecule has 1 aromatic rings. The predicted octanol–water partition coefficient (Wildman–Crippen LogP) is -0.697. The number of nitrogens with one attached hydrogen (secondary N) is 1. The highest BCUT2D eigenvalue weighted by atomic mass is 32.2. The molecule has 2 saturated heterocycles. The topological polar surface area (TPSA) is 57.6 Å². The maximum absolute atomic E-state index is 12.3. The second kappa shape index (κ2) is 4.90. The summed E-state index contributed by atoms with van der Waals surface area (Å²) in [5.41, 5.74) is 0. The number of aryl methyl sites for hydroxylation is 1. The fourth-order valence-corrected chi connectivity index (χ4v) is 4.24. The Morgan fingerprint density at radius 3 is 2.53 bits per heavy atom. The molecule has 0 aliphatic carbocycles. The molecule has 19 heavy (non-hydrogen) atoms. The second-order valence-corrected chi connectivity index (χ2v) is 7.21. The van der Waals surface area contributed by atoms with Gasteiger partial charge in [0.15, 0.2) is 0 Å². The Hall–Kier alpha value is -0.890. The molecule has 2 fully saturated rings. The molecule has 7 heteroatoms. The van der Waals surface area contributed by atoms with Crippen molar-refractivity contribution in [3.8, 4) is 0 Å². The molecule has 0 aromatic carbocycles. The smallest absolute Gasteiger partial charge is 0.244 e. The van der Waals surface area contributed by atoms with Gasteiger partial charge in [-0.1, -0.05) is 0 Å². The van der Waals surface area contributed by atoms with E-state index in [1.807, 2.05) is 7.05 Å². The summed E-state index contributed by atoms with van der Waals surface area (Å²) in [6, 6.07) is 2.05. The molecule has 0 amide bonds. The maximum Gasteiger partial charge on any atom is 0.244 e. The van der Waals surface area contributed by atoms with Crippen molar-refractivity contribution in [2.24, 2.45) is 7.05 Å². The first-order valence-electron chi connectivity index (χ1n) is 6.64. The van der Waals surface area contributed by atoms with E-state index in [0.29, 0.717) is 24.0 Å². The Bertz CT molecular complexity index is 542. The molecule has 106 valence electrons. The van der Waals surface area contributed by atoms with Gasteiger partial charge in [-0.15, -0.1) is 0 Å². The summed E-state index contributed by atoms with van der Waals surface area (Å²) < 4.78 is 28.0. The van der Waals surface area contributed by atoms with Crippen molar-refractivity contribution in [3.63, 3.8) is 0 Å². The monoisotopic (exact) mass is 284 g/mol. The summed E-state index contributed by atoms with van der Waals surface area (Å²) in [6.45, 7) is 5.28. The fraction of sp³-hybridized carbons (Fsp3) is 0.667. The summed E-state index contributed by atoms with van der Waals surface area (Å²) in [5, 5.41) is 3.31. The van der Waals surface area contributed by atoms with Crippen molar-refractivity contribution in [3.05, 3.63) is 18.5 Å². The molecule has 1 aromatic heterocycles. The molecule has 3 heterocycles. The third-order valence-corrected chi connectivity index (χ3v) is 5.75. The third kappa shape index (κ3) is 2.43. The van der Waals surface area contributed by atoms with Gasteiger partial charge in [-0.05, 0) is 6.07 Å². The average Bonchev–Trinajstić information content (AvgIpc) is 2.76. The van der Waals surface area contributed by atoms with Crippen molar-refractivity contribution < 1.29 is 8.42 Å². The molecule has 1 N–H and O–H groups in total. The van der Waals surface area contributed by atoms with Crippen LogP contribution in [-0.2, 0) is 17.1 Å². The summed E-state index contributed by atoms with van der Waals surface area (Å²) >= 11 is 0. The van der Waals surface area contributed by atoms with Crippen LogP contribution in [0.25, 0.3) is 0 Å². The Kier molecular flexibility index (Phi) is 3.38. The summed E-state index contributed by atoms with van der Waals surface area (Å²) in [6.07, 6.45) is 3.42. The van der Waals surface area contributed by atoms with Crippen LogP contribution in [-0.4, -0.2) is 67.5 Å². The van der Waals surface area contributed by atoms with Gasteiger partial charge in [-0.3, -0.25) is 4.90 Å². The highest BCUT2D eigenvalue weighted by molar-refractivity contribution is 7.89. The highest BCUT2D eigenvalue weighted by Crippen LogP contribution is 2.24. The van der Waals surface area contributed by atoms with Crippen molar-refractivity contribution in [2.45, 2.75) is 10.9 Å². The van der Waals surface area contributed by atoms with E-state index in [1.165, 1.54) is 0 Å². The number of sulfonamides is 1. The van der Waals surface area contributed by atoms with Gasteiger partial charge in [0.25, 0.3) is 0 Å². The van der Waals surface area contributed by atoms with Crippen LogP contribution >= 0.6 is 0 Å². The number of hydrogen-bond acceptors (Lipinski definition) is 4. The zero-order valence-electron chi connectivity index (χ0n) is 11.1. The number of nitrogens with zero attached hydrogens (tertiary/aromatic N) is 3. The molecule has 2 aliphatic rings. The zero-order valence-corrected chi connectivity index (χ0v) is 11.9. The molecule has 3 rings (SSSR count). The lowest BCUT2D eigenvalue weighted by molar-refractivity contribution is 0.0773. The van der Waals surface area contributed by atoms with Gasteiger partial charge in [0.1, 0.15) is 0 Å². The van der Waals surface area contributed by atoms with E-state index in [0.717, 1.165) is 26.2 Å². The van der Waals surface area contributed by atoms with Gasteiger partial charge in [-0.2, -0.15) is 4.31 Å². The standard InChI is InChI=1S/C12H20N4O2S/c1-14-5-2-12(10-14)19(17,18)16-8-11(9-16)15-6-3-13-4-7-15/h2,5,10-11,13H,3-4,6-9H2,1H3. The Morgan fingerprint density at radius 1 is 1.26 bits per heavy atom. The van der Waals surface area contributed by atoms with E-state index in [2.05, 4.69) is 10.2 Å². The van der Waals surface area contributed by atoms with Crippen molar-refractivity contribution >= 4 is 10.0 Å². The first kappa shape index (κ1) is 13.1. The van der Waals surface area contributed by atoms with Gasteiger partial charge < -0.3 is 9.88 Å². The van der Waals surface area contributed by atoms with Gasteiger partial charge in [0, 0.05) is 64.8 Å². The molecule has 0 spiro atoms. The van der Waals surface area contributed by atoms with Gasteiger partial charge in [0.2, 0.25) is 10.0 Å². The Labute approximate surface area is 114 Å². The summed E-state index contributed by atoms with van der Waals surface area (Å²) in [4.78, 5) is 2.78. The number of aromatic nitrogens is 1. The lowest BCUT2D eigenvalue weighted by Gasteiger charge is -2.45. The first-order chi connectivity index (χ1) is 9.07. The van der Waals surface area contributed by atoms with Crippen LogP contribution in [0.15, 0.2) is 23.4 Å². The van der Waals surface area contributed by atoms with Crippen LogP contribution in [0.5, 0.6) is 0 Å². The normalized spacial score (nSPS) is 23.4. The number of hydrogen-bond donors (Lipinski definition) is 1. The molecule has 0 bridgehead atoms. The quantitative estimate of drug-likeness (QED) is 0.798. The van der Waals surface area contributed by atoms with E-state index in [1.54, 1.807) is 27.3 Å². The van der Waals surface area contributed by atoms with Crippen LogP contribution in [0.2, 0.25) is 0 Å².